The van der Waals surface area contributed by atoms with Crippen LogP contribution in [0.2, 0.25) is 0 Å². The van der Waals surface area contributed by atoms with Crippen molar-refractivity contribution in [2.75, 3.05) is 13.1 Å². The number of carbonyl (C=O) groups excluding carboxylic acids is 1. The third-order valence-electron chi connectivity index (χ3n) is 1.59. The molecule has 0 aliphatic carbocycles. The average Bonchev–Trinajstić information content (AvgIpc) is 1.79. The monoisotopic (exact) mass is 247 g/mol. The van der Waals surface area contributed by atoms with Gasteiger partial charge in [0, 0.05) is 13.1 Å². The summed E-state index contributed by atoms with van der Waals surface area (Å²) in [4.78, 5) is 14.9. The Labute approximate surface area is 86.9 Å². The van der Waals surface area contributed by atoms with Crippen molar-refractivity contribution in [1.82, 2.24) is 4.90 Å². The molecule has 0 saturated carbocycles. The van der Waals surface area contributed by atoms with Crippen LogP contribution in [-0.4, -0.2) is 29.7 Å². The van der Waals surface area contributed by atoms with Gasteiger partial charge in [0.2, 0.25) is 0 Å². The number of hydrogen-bond donors (Lipinski definition) is 0. The normalized spacial score (nSPS) is 16.6. The van der Waals surface area contributed by atoms with Crippen molar-refractivity contribution in [3.8, 4) is 0 Å². The minimum atomic E-state index is -0.398. The van der Waals surface area contributed by atoms with Crippen LogP contribution in [0, 0.1) is 0 Å². The van der Waals surface area contributed by atoms with Crippen LogP contribution in [-0.2, 0) is 4.74 Å². The van der Waals surface area contributed by atoms with Gasteiger partial charge in [0.15, 0.2) is 0 Å². The second-order valence-corrected chi connectivity index (χ2v) is 4.56. The molecule has 0 unspecified atom stereocenters. The van der Waals surface area contributed by atoms with Crippen molar-refractivity contribution in [2.24, 2.45) is 0 Å². The summed E-state index contributed by atoms with van der Waals surface area (Å²) in [6.45, 7) is 6.96. The average molecular weight is 248 g/mol. The fourth-order valence-electron chi connectivity index (χ4n) is 0.969. The molecular weight excluding hydrogens is 234 g/mol. The molecule has 4 heteroatoms. The fraction of sp³-hybridized carbons (Fsp3) is 0.667. The van der Waals surface area contributed by atoms with E-state index in [1.807, 2.05) is 25.8 Å². The molecule has 0 spiro atoms. The van der Waals surface area contributed by atoms with E-state index in [4.69, 9.17) is 4.74 Å². The highest BCUT2D eigenvalue weighted by Crippen LogP contribution is 2.19. The minimum Gasteiger partial charge on any atom is -0.444 e. The summed E-state index contributed by atoms with van der Waals surface area (Å²) < 4.78 is 5.18. The zero-order valence-corrected chi connectivity index (χ0v) is 9.72. The largest absolute Gasteiger partial charge is 0.444 e. The summed E-state index contributed by atoms with van der Waals surface area (Å²) in [5.41, 5.74) is 0.816. The SMILES string of the molecule is CC(C)(C)OC(=O)N1CC(=CBr)C1. The minimum absolute atomic E-state index is 0.231. The summed E-state index contributed by atoms with van der Waals surface area (Å²) in [7, 11) is 0. The Morgan fingerprint density at radius 3 is 2.46 bits per heavy atom. The Balaban J connectivity index is 2.36. The molecule has 0 radical (unpaired) electrons. The van der Waals surface area contributed by atoms with Crippen molar-refractivity contribution in [1.29, 1.82) is 0 Å². The molecule has 0 atom stereocenters. The highest BCUT2D eigenvalue weighted by atomic mass is 79.9. The van der Waals surface area contributed by atoms with Gasteiger partial charge in [0.1, 0.15) is 5.60 Å². The zero-order valence-electron chi connectivity index (χ0n) is 8.13. The van der Waals surface area contributed by atoms with Crippen LogP contribution >= 0.6 is 15.9 Å². The highest BCUT2D eigenvalue weighted by Gasteiger charge is 2.28. The highest BCUT2D eigenvalue weighted by molar-refractivity contribution is 9.11. The molecule has 1 amide bonds. The first kappa shape index (κ1) is 10.6. The Kier molecular flexibility index (Phi) is 3.01. The molecule has 0 bridgehead atoms. The molecule has 1 rings (SSSR count). The molecule has 74 valence electrons. The predicted molar refractivity (Wildman–Crippen MR) is 54.8 cm³/mol. The fourth-order valence-corrected chi connectivity index (χ4v) is 1.26. The van der Waals surface area contributed by atoms with Gasteiger partial charge >= 0.3 is 6.09 Å². The number of amides is 1. The maximum absolute atomic E-state index is 11.4. The maximum Gasteiger partial charge on any atom is 0.410 e. The number of likely N-dealkylation sites (tertiary alicyclic amines) is 1. The summed E-state index contributed by atoms with van der Waals surface area (Å²) in [6, 6.07) is 0. The molecule has 0 N–H and O–H groups in total. The Bertz CT molecular complexity index is 234. The van der Waals surface area contributed by atoms with Gasteiger partial charge in [-0.25, -0.2) is 4.79 Å². The number of hydrogen-bond acceptors (Lipinski definition) is 2. The van der Waals surface area contributed by atoms with Gasteiger partial charge in [-0.1, -0.05) is 15.9 Å². The van der Waals surface area contributed by atoms with Gasteiger partial charge in [0.25, 0.3) is 0 Å². The molecule has 1 aliphatic rings. The van der Waals surface area contributed by atoms with Crippen LogP contribution in [0.25, 0.3) is 0 Å². The first-order chi connectivity index (χ1) is 5.92. The smallest absolute Gasteiger partial charge is 0.410 e. The quantitative estimate of drug-likeness (QED) is 0.659. The van der Waals surface area contributed by atoms with E-state index in [0.29, 0.717) is 13.1 Å². The summed E-state index contributed by atoms with van der Waals surface area (Å²) in [5.74, 6) is 0. The second kappa shape index (κ2) is 3.70. The van der Waals surface area contributed by atoms with E-state index in [-0.39, 0.29) is 6.09 Å². The molecular formula is C9H14BrNO2. The van der Waals surface area contributed by atoms with Crippen molar-refractivity contribution >= 4 is 22.0 Å². The molecule has 1 fully saturated rings. The van der Waals surface area contributed by atoms with E-state index in [9.17, 15) is 4.79 Å². The third-order valence-corrected chi connectivity index (χ3v) is 2.24. The summed E-state index contributed by atoms with van der Waals surface area (Å²) >= 11 is 3.22. The van der Waals surface area contributed by atoms with Gasteiger partial charge in [-0.15, -0.1) is 0 Å². The molecule has 13 heavy (non-hydrogen) atoms. The van der Waals surface area contributed by atoms with Crippen molar-refractivity contribution in [2.45, 2.75) is 26.4 Å². The lowest BCUT2D eigenvalue weighted by Crippen LogP contribution is -2.46. The van der Waals surface area contributed by atoms with Gasteiger partial charge in [-0.3, -0.25) is 0 Å². The Hall–Kier alpha value is -0.510. The standard InChI is InChI=1S/C9H14BrNO2/c1-9(2,3)13-8(12)11-5-7(4-10)6-11/h4H,5-6H2,1-3H3. The maximum atomic E-state index is 11.4. The molecule has 1 heterocycles. The van der Waals surface area contributed by atoms with Crippen LogP contribution in [0.4, 0.5) is 4.79 Å². The molecule has 1 aliphatic heterocycles. The van der Waals surface area contributed by atoms with Gasteiger partial charge in [-0.05, 0) is 31.3 Å². The van der Waals surface area contributed by atoms with E-state index in [0.717, 1.165) is 0 Å². The number of carbonyl (C=O) groups is 1. The van der Waals surface area contributed by atoms with Gasteiger partial charge < -0.3 is 9.64 Å². The molecule has 1 saturated heterocycles. The molecule has 0 aromatic heterocycles. The van der Waals surface area contributed by atoms with Crippen molar-refractivity contribution in [3.63, 3.8) is 0 Å². The summed E-state index contributed by atoms with van der Waals surface area (Å²) in [6.07, 6.45) is -0.231. The van der Waals surface area contributed by atoms with Crippen LogP contribution < -0.4 is 0 Å². The third kappa shape index (κ3) is 3.03. The van der Waals surface area contributed by atoms with Crippen LogP contribution in [0.1, 0.15) is 20.8 Å². The van der Waals surface area contributed by atoms with Crippen LogP contribution in [0.5, 0.6) is 0 Å². The predicted octanol–water partition coefficient (Wildman–Crippen LogP) is 2.52. The number of ether oxygens (including phenoxy) is 1. The first-order valence-corrected chi connectivity index (χ1v) is 5.10. The Morgan fingerprint density at radius 2 is 2.08 bits per heavy atom. The number of halogens is 1. The molecule has 0 aromatic carbocycles. The second-order valence-electron chi connectivity index (χ2n) is 4.10. The summed E-state index contributed by atoms with van der Waals surface area (Å²) in [5, 5.41) is 0. The number of nitrogens with zero attached hydrogens (tertiary/aromatic N) is 1. The van der Waals surface area contributed by atoms with Crippen LogP contribution in [0.3, 0.4) is 0 Å². The van der Waals surface area contributed by atoms with E-state index in [1.54, 1.807) is 4.90 Å². The van der Waals surface area contributed by atoms with Crippen molar-refractivity contribution < 1.29 is 9.53 Å². The van der Waals surface area contributed by atoms with Crippen LogP contribution in [0.15, 0.2) is 10.6 Å². The van der Waals surface area contributed by atoms with Crippen molar-refractivity contribution in [3.05, 3.63) is 10.6 Å². The van der Waals surface area contributed by atoms with E-state index in [2.05, 4.69) is 15.9 Å². The van der Waals surface area contributed by atoms with E-state index < -0.39 is 5.60 Å². The lowest BCUT2D eigenvalue weighted by molar-refractivity contribution is 0.0215. The first-order valence-electron chi connectivity index (χ1n) is 4.18. The topological polar surface area (TPSA) is 29.5 Å². The zero-order chi connectivity index (χ0) is 10.1. The van der Waals surface area contributed by atoms with Gasteiger partial charge in [-0.2, -0.15) is 0 Å². The van der Waals surface area contributed by atoms with E-state index >= 15 is 0 Å². The van der Waals surface area contributed by atoms with Gasteiger partial charge in [0.05, 0.1) is 0 Å². The lowest BCUT2D eigenvalue weighted by atomic mass is 10.1. The number of rotatable bonds is 0. The Morgan fingerprint density at radius 1 is 1.54 bits per heavy atom. The molecule has 0 aromatic rings. The van der Waals surface area contributed by atoms with E-state index in [1.165, 1.54) is 5.57 Å². The molecule has 3 nitrogen and oxygen atoms in total. The lowest BCUT2D eigenvalue weighted by Gasteiger charge is -2.35.